The predicted molar refractivity (Wildman–Crippen MR) is 108 cm³/mol. The van der Waals surface area contributed by atoms with Crippen LogP contribution in [0.3, 0.4) is 0 Å². The molecule has 1 aromatic carbocycles. The monoisotopic (exact) mass is 380 g/mol. The number of aromatic nitrogens is 6. The van der Waals surface area contributed by atoms with E-state index in [1.807, 2.05) is 66.7 Å². The minimum atomic E-state index is 0.301. The van der Waals surface area contributed by atoms with Crippen LogP contribution in [0.25, 0.3) is 28.2 Å². The van der Waals surface area contributed by atoms with E-state index in [2.05, 4.69) is 20.2 Å². The second kappa shape index (κ2) is 7.47. The normalized spacial score (nSPS) is 10.9. The molecular formula is C22H16N6O. The Hall–Kier alpha value is -4.13. The molecule has 29 heavy (non-hydrogen) atoms. The largest absolute Gasteiger partial charge is 0.470 e. The summed E-state index contributed by atoms with van der Waals surface area (Å²) in [6.07, 6.45) is 5.24. The zero-order valence-corrected chi connectivity index (χ0v) is 15.4. The molecule has 7 nitrogen and oxygen atoms in total. The van der Waals surface area contributed by atoms with Gasteiger partial charge in [-0.05, 0) is 24.3 Å². The van der Waals surface area contributed by atoms with Crippen LogP contribution >= 0.6 is 0 Å². The highest BCUT2D eigenvalue weighted by molar-refractivity contribution is 5.72. The topological polar surface area (TPSA) is 78.1 Å². The van der Waals surface area contributed by atoms with Crippen molar-refractivity contribution in [3.8, 4) is 28.4 Å². The maximum Gasteiger partial charge on any atom is 0.240 e. The fourth-order valence-corrected chi connectivity index (χ4v) is 3.04. The molecule has 0 radical (unpaired) electrons. The van der Waals surface area contributed by atoms with Gasteiger partial charge in [0.25, 0.3) is 0 Å². The molecule has 0 unspecified atom stereocenters. The molecule has 0 spiro atoms. The number of pyridine rings is 2. The Morgan fingerprint density at radius 2 is 1.69 bits per heavy atom. The van der Waals surface area contributed by atoms with E-state index in [-0.39, 0.29) is 0 Å². The van der Waals surface area contributed by atoms with Gasteiger partial charge >= 0.3 is 0 Å². The van der Waals surface area contributed by atoms with E-state index in [0.717, 1.165) is 22.4 Å². The summed E-state index contributed by atoms with van der Waals surface area (Å²) in [5.41, 5.74) is 4.07. The Morgan fingerprint density at radius 3 is 2.48 bits per heavy atom. The summed E-state index contributed by atoms with van der Waals surface area (Å²) in [4.78, 5) is 8.53. The number of rotatable bonds is 5. The smallest absolute Gasteiger partial charge is 0.240 e. The van der Waals surface area contributed by atoms with Gasteiger partial charge in [-0.25, -0.2) is 0 Å². The lowest BCUT2D eigenvalue weighted by atomic mass is 10.1. The molecule has 0 saturated carbocycles. The first-order valence-electron chi connectivity index (χ1n) is 9.13. The van der Waals surface area contributed by atoms with Crippen LogP contribution in [0.2, 0.25) is 0 Å². The van der Waals surface area contributed by atoms with Crippen molar-refractivity contribution in [1.29, 1.82) is 0 Å². The van der Waals surface area contributed by atoms with E-state index in [1.165, 1.54) is 0 Å². The molecule has 0 aliphatic rings. The first-order valence-corrected chi connectivity index (χ1v) is 9.13. The lowest BCUT2D eigenvalue weighted by molar-refractivity contribution is 0.286. The van der Waals surface area contributed by atoms with Gasteiger partial charge in [-0.3, -0.25) is 9.97 Å². The van der Waals surface area contributed by atoms with Gasteiger partial charge in [0.2, 0.25) is 5.88 Å². The van der Waals surface area contributed by atoms with Crippen LogP contribution in [0.1, 0.15) is 5.69 Å². The molecule has 0 saturated heterocycles. The van der Waals surface area contributed by atoms with Crippen molar-refractivity contribution >= 4 is 5.65 Å². The van der Waals surface area contributed by atoms with Crippen LogP contribution in [0.4, 0.5) is 0 Å². The Morgan fingerprint density at radius 1 is 0.828 bits per heavy atom. The van der Waals surface area contributed by atoms with Crippen molar-refractivity contribution in [2.24, 2.45) is 0 Å². The summed E-state index contributed by atoms with van der Waals surface area (Å²) in [6.45, 7) is 0.301. The van der Waals surface area contributed by atoms with E-state index in [4.69, 9.17) is 9.84 Å². The Balaban J connectivity index is 1.62. The summed E-state index contributed by atoms with van der Waals surface area (Å²) in [5, 5.41) is 13.3. The fraction of sp³-hybridized carbons (Fsp3) is 0.0455. The van der Waals surface area contributed by atoms with Crippen molar-refractivity contribution < 1.29 is 4.74 Å². The van der Waals surface area contributed by atoms with E-state index >= 15 is 0 Å². The summed E-state index contributed by atoms with van der Waals surface area (Å²) in [6, 6.07) is 21.3. The molecule has 7 heteroatoms. The highest BCUT2D eigenvalue weighted by atomic mass is 16.5. The third kappa shape index (κ3) is 3.41. The van der Waals surface area contributed by atoms with Gasteiger partial charge in [-0.15, -0.1) is 15.3 Å². The number of ether oxygens (including phenoxy) is 1. The van der Waals surface area contributed by atoms with Crippen molar-refractivity contribution in [3.63, 3.8) is 0 Å². The third-order valence-electron chi connectivity index (χ3n) is 4.45. The van der Waals surface area contributed by atoms with Crippen molar-refractivity contribution in [2.75, 3.05) is 0 Å². The van der Waals surface area contributed by atoms with Crippen LogP contribution < -0.4 is 4.74 Å². The second-order valence-electron chi connectivity index (χ2n) is 6.37. The Kier molecular flexibility index (Phi) is 4.38. The first kappa shape index (κ1) is 17.0. The maximum absolute atomic E-state index is 6.07. The summed E-state index contributed by atoms with van der Waals surface area (Å²) >= 11 is 0. The number of fused-ring (bicyclic) bond motifs is 1. The number of nitrogens with zero attached hydrogens (tertiary/aromatic N) is 6. The van der Waals surface area contributed by atoms with Crippen LogP contribution in [-0.2, 0) is 6.61 Å². The van der Waals surface area contributed by atoms with Crippen molar-refractivity contribution in [3.05, 3.63) is 91.0 Å². The second-order valence-corrected chi connectivity index (χ2v) is 6.37. The van der Waals surface area contributed by atoms with E-state index in [1.54, 1.807) is 23.1 Å². The molecular weight excluding hydrogens is 364 g/mol. The van der Waals surface area contributed by atoms with Crippen molar-refractivity contribution in [2.45, 2.75) is 6.61 Å². The van der Waals surface area contributed by atoms with Gasteiger partial charge in [0, 0.05) is 29.7 Å². The zero-order chi connectivity index (χ0) is 19.5. The van der Waals surface area contributed by atoms with Gasteiger partial charge in [-0.1, -0.05) is 42.5 Å². The van der Waals surface area contributed by atoms with Gasteiger partial charge in [0.05, 0.1) is 11.3 Å². The zero-order valence-electron chi connectivity index (χ0n) is 15.4. The highest BCUT2D eigenvalue weighted by Gasteiger charge is 2.16. The predicted octanol–water partition coefficient (Wildman–Crippen LogP) is 3.83. The number of hydrogen-bond donors (Lipinski definition) is 0. The standard InChI is InChI=1S/C22H16N6O/c1-2-7-16(8-3-1)21-26-25-20-13-19(17-9-6-11-23-14-17)22(27-28(20)21)29-15-18-10-4-5-12-24-18/h1-14H,15H2. The number of benzene rings is 1. The Bertz CT molecular complexity index is 1240. The molecule has 0 amide bonds. The van der Waals surface area contributed by atoms with Crippen LogP contribution in [0.15, 0.2) is 85.3 Å². The molecule has 0 atom stereocenters. The van der Waals surface area contributed by atoms with Gasteiger partial charge in [-0.2, -0.15) is 4.52 Å². The Labute approximate surface area is 166 Å². The molecule has 0 aliphatic carbocycles. The summed E-state index contributed by atoms with van der Waals surface area (Å²) in [7, 11) is 0. The number of hydrogen-bond acceptors (Lipinski definition) is 6. The van der Waals surface area contributed by atoms with E-state index in [9.17, 15) is 0 Å². The van der Waals surface area contributed by atoms with Crippen LogP contribution in [-0.4, -0.2) is 29.8 Å². The quantitative estimate of drug-likeness (QED) is 0.461. The average Bonchev–Trinajstić information content (AvgIpc) is 3.22. The molecule has 5 aromatic rings. The van der Waals surface area contributed by atoms with E-state index < -0.39 is 0 Å². The van der Waals surface area contributed by atoms with Gasteiger partial charge in [0.1, 0.15) is 6.61 Å². The van der Waals surface area contributed by atoms with Gasteiger partial charge in [0.15, 0.2) is 11.5 Å². The highest BCUT2D eigenvalue weighted by Crippen LogP contribution is 2.30. The lowest BCUT2D eigenvalue weighted by Gasteiger charge is -2.11. The van der Waals surface area contributed by atoms with E-state index in [0.29, 0.717) is 24.0 Å². The third-order valence-corrected chi connectivity index (χ3v) is 4.45. The summed E-state index contributed by atoms with van der Waals surface area (Å²) < 4.78 is 7.77. The first-order chi connectivity index (χ1) is 14.4. The maximum atomic E-state index is 6.07. The fourth-order valence-electron chi connectivity index (χ4n) is 3.04. The van der Waals surface area contributed by atoms with Crippen LogP contribution in [0.5, 0.6) is 5.88 Å². The lowest BCUT2D eigenvalue weighted by Crippen LogP contribution is -2.05. The molecule has 140 valence electrons. The molecule has 0 N–H and O–H groups in total. The molecule has 4 aromatic heterocycles. The minimum absolute atomic E-state index is 0.301. The minimum Gasteiger partial charge on any atom is -0.470 e. The molecule has 0 aliphatic heterocycles. The molecule has 5 rings (SSSR count). The van der Waals surface area contributed by atoms with Crippen LogP contribution in [0, 0.1) is 0 Å². The molecule has 0 bridgehead atoms. The van der Waals surface area contributed by atoms with Gasteiger partial charge < -0.3 is 4.74 Å². The van der Waals surface area contributed by atoms with Crippen molar-refractivity contribution in [1.82, 2.24) is 29.8 Å². The SMILES string of the molecule is c1ccc(-c2nnc3cc(-c4cccnc4)c(OCc4ccccn4)nn23)cc1. The summed E-state index contributed by atoms with van der Waals surface area (Å²) in [5.74, 6) is 1.12. The average molecular weight is 380 g/mol. The molecule has 0 fully saturated rings. The molecule has 4 heterocycles.